The summed E-state index contributed by atoms with van der Waals surface area (Å²) in [6, 6.07) is 6.27. The molecule has 0 spiro atoms. The molecule has 0 amide bonds. The van der Waals surface area contributed by atoms with Crippen LogP contribution in [0.25, 0.3) is 0 Å². The van der Waals surface area contributed by atoms with Gasteiger partial charge in [-0.05, 0) is 31.4 Å². The second-order valence-corrected chi connectivity index (χ2v) is 6.46. The van der Waals surface area contributed by atoms with Crippen LogP contribution in [0.3, 0.4) is 0 Å². The van der Waals surface area contributed by atoms with Crippen LogP contribution in [0.2, 0.25) is 0 Å². The Morgan fingerprint density at radius 1 is 1.15 bits per heavy atom. The van der Waals surface area contributed by atoms with E-state index in [1.54, 1.807) is 0 Å². The molecule has 0 aromatic carbocycles. The van der Waals surface area contributed by atoms with Crippen molar-refractivity contribution >= 4 is 11.8 Å². The van der Waals surface area contributed by atoms with E-state index in [4.69, 9.17) is 4.74 Å². The molecule has 0 aliphatic heterocycles. The van der Waals surface area contributed by atoms with Crippen LogP contribution in [-0.4, -0.2) is 40.2 Å². The van der Waals surface area contributed by atoms with Gasteiger partial charge in [0.05, 0.1) is 13.0 Å². The number of hydrogen-bond donors (Lipinski definition) is 2. The van der Waals surface area contributed by atoms with Crippen molar-refractivity contribution in [2.75, 3.05) is 19.5 Å². The van der Waals surface area contributed by atoms with Crippen LogP contribution >= 0.6 is 0 Å². The number of carbonyl (C=O) groups is 1. The van der Waals surface area contributed by atoms with Crippen LogP contribution in [0.5, 0.6) is 6.01 Å². The lowest BCUT2D eigenvalue weighted by Gasteiger charge is -2.12. The summed E-state index contributed by atoms with van der Waals surface area (Å²) in [5.41, 5.74) is 1.73. The van der Waals surface area contributed by atoms with Gasteiger partial charge in [0.25, 0.3) is 0 Å². The molecular weight excluding hydrogens is 344 g/mol. The van der Waals surface area contributed by atoms with E-state index < -0.39 is 11.9 Å². The zero-order chi connectivity index (χ0) is 19.5. The summed E-state index contributed by atoms with van der Waals surface area (Å²) in [7, 11) is 3.35. The molecule has 2 aromatic rings. The van der Waals surface area contributed by atoms with Gasteiger partial charge < -0.3 is 15.2 Å². The highest BCUT2D eigenvalue weighted by Gasteiger charge is 2.20. The summed E-state index contributed by atoms with van der Waals surface area (Å²) in [5.74, 6) is -0.502. The Kier molecular flexibility index (Phi) is 8.48. The average molecular weight is 372 g/mol. The molecule has 7 heteroatoms. The van der Waals surface area contributed by atoms with E-state index in [0.29, 0.717) is 12.0 Å². The van der Waals surface area contributed by atoms with Gasteiger partial charge in [0, 0.05) is 30.7 Å². The molecule has 2 aromatic heterocycles. The molecule has 0 radical (unpaired) electrons. The molecule has 0 saturated heterocycles. The maximum atomic E-state index is 11.5. The summed E-state index contributed by atoms with van der Waals surface area (Å²) in [4.78, 5) is 24.1. The lowest BCUT2D eigenvalue weighted by Crippen LogP contribution is -2.12. The van der Waals surface area contributed by atoms with Gasteiger partial charge in [-0.25, -0.2) is 15.0 Å². The quantitative estimate of drug-likeness (QED) is 0.549. The highest BCUT2D eigenvalue weighted by molar-refractivity contribution is 5.75. The van der Waals surface area contributed by atoms with Gasteiger partial charge in [-0.1, -0.05) is 31.7 Å². The SMILES string of the molecule is CNc1cccc(CCCCCCC[C@H](C(=O)O)c2cnc(OC)nc2)n1. The minimum Gasteiger partial charge on any atom is -0.481 e. The van der Waals surface area contributed by atoms with Crippen molar-refractivity contribution < 1.29 is 14.6 Å². The smallest absolute Gasteiger partial charge is 0.316 e. The maximum absolute atomic E-state index is 11.5. The molecule has 0 bridgehead atoms. The molecule has 0 aliphatic rings. The maximum Gasteiger partial charge on any atom is 0.316 e. The topological polar surface area (TPSA) is 97.2 Å². The number of pyridine rings is 1. The summed E-state index contributed by atoms with van der Waals surface area (Å²) in [6.07, 6.45) is 9.84. The number of ether oxygens (including phenoxy) is 1. The molecule has 7 nitrogen and oxygen atoms in total. The second-order valence-electron chi connectivity index (χ2n) is 6.46. The van der Waals surface area contributed by atoms with Gasteiger partial charge in [0.2, 0.25) is 0 Å². The largest absolute Gasteiger partial charge is 0.481 e. The first-order valence-electron chi connectivity index (χ1n) is 9.36. The van der Waals surface area contributed by atoms with Crippen molar-refractivity contribution in [3.8, 4) is 6.01 Å². The van der Waals surface area contributed by atoms with Crippen LogP contribution in [0, 0.1) is 0 Å². The molecule has 27 heavy (non-hydrogen) atoms. The number of nitrogens with one attached hydrogen (secondary N) is 1. The molecular formula is C20H28N4O3. The first kappa shape index (κ1) is 20.6. The fraction of sp³-hybridized carbons (Fsp3) is 0.500. The number of carboxylic acids is 1. The zero-order valence-electron chi connectivity index (χ0n) is 16.0. The normalized spacial score (nSPS) is 11.8. The minimum atomic E-state index is -0.834. The lowest BCUT2D eigenvalue weighted by atomic mass is 9.95. The summed E-state index contributed by atoms with van der Waals surface area (Å²) in [5, 5.41) is 12.5. The van der Waals surface area contributed by atoms with Crippen molar-refractivity contribution in [3.63, 3.8) is 0 Å². The van der Waals surface area contributed by atoms with Crippen LogP contribution in [0.1, 0.15) is 55.7 Å². The van der Waals surface area contributed by atoms with E-state index in [9.17, 15) is 9.90 Å². The van der Waals surface area contributed by atoms with Crippen molar-refractivity contribution in [1.29, 1.82) is 0 Å². The third-order valence-electron chi connectivity index (χ3n) is 4.52. The van der Waals surface area contributed by atoms with E-state index in [-0.39, 0.29) is 6.01 Å². The van der Waals surface area contributed by atoms with Crippen molar-refractivity contribution in [3.05, 3.63) is 41.9 Å². The average Bonchev–Trinajstić information content (AvgIpc) is 2.70. The van der Waals surface area contributed by atoms with Gasteiger partial charge >= 0.3 is 12.0 Å². The van der Waals surface area contributed by atoms with E-state index >= 15 is 0 Å². The second kappa shape index (κ2) is 11.1. The standard InChI is InChI=1S/C20H28N4O3/c1-21-18-12-8-10-16(24-18)9-6-4-3-5-7-11-17(19(25)26)15-13-22-20(27-2)23-14-15/h8,10,12-14,17H,3-7,9,11H2,1-2H3,(H,21,24)(H,25,26)/t17-/m0/s1. The number of rotatable bonds is 12. The Morgan fingerprint density at radius 3 is 2.52 bits per heavy atom. The van der Waals surface area contributed by atoms with Crippen molar-refractivity contribution in [1.82, 2.24) is 15.0 Å². The van der Waals surface area contributed by atoms with Gasteiger partial charge in [-0.2, -0.15) is 0 Å². The number of unbranched alkanes of at least 4 members (excludes halogenated alkanes) is 4. The number of aliphatic carboxylic acids is 1. The predicted molar refractivity (Wildman–Crippen MR) is 104 cm³/mol. The number of aromatic nitrogens is 3. The van der Waals surface area contributed by atoms with E-state index in [2.05, 4.69) is 26.3 Å². The van der Waals surface area contributed by atoms with Gasteiger partial charge in [-0.3, -0.25) is 4.79 Å². The number of anilines is 1. The van der Waals surface area contributed by atoms with Crippen LogP contribution < -0.4 is 10.1 Å². The third-order valence-corrected chi connectivity index (χ3v) is 4.52. The predicted octanol–water partition coefficient (Wildman–Crippen LogP) is 3.67. The fourth-order valence-corrected chi connectivity index (χ4v) is 2.99. The van der Waals surface area contributed by atoms with E-state index in [1.807, 2.05) is 19.2 Å². The van der Waals surface area contributed by atoms with Crippen LogP contribution in [0.4, 0.5) is 5.82 Å². The molecule has 146 valence electrons. The monoisotopic (exact) mass is 372 g/mol. The Labute approximate surface area is 160 Å². The molecule has 1 atom stereocenters. The molecule has 0 aliphatic carbocycles. The van der Waals surface area contributed by atoms with Gasteiger partial charge in [0.15, 0.2) is 0 Å². The van der Waals surface area contributed by atoms with Crippen LogP contribution in [-0.2, 0) is 11.2 Å². The Balaban J connectivity index is 1.67. The number of methoxy groups -OCH3 is 1. The van der Waals surface area contributed by atoms with Crippen molar-refractivity contribution in [2.24, 2.45) is 0 Å². The fourth-order valence-electron chi connectivity index (χ4n) is 2.99. The summed E-state index contributed by atoms with van der Waals surface area (Å²) in [6.45, 7) is 0. The summed E-state index contributed by atoms with van der Waals surface area (Å²) < 4.78 is 4.91. The van der Waals surface area contributed by atoms with Gasteiger partial charge in [0.1, 0.15) is 5.82 Å². The highest BCUT2D eigenvalue weighted by Crippen LogP contribution is 2.23. The molecule has 2 N–H and O–H groups in total. The lowest BCUT2D eigenvalue weighted by molar-refractivity contribution is -0.139. The van der Waals surface area contributed by atoms with Crippen molar-refractivity contribution in [2.45, 2.75) is 50.9 Å². The zero-order valence-corrected chi connectivity index (χ0v) is 16.0. The van der Waals surface area contributed by atoms with Crippen LogP contribution in [0.15, 0.2) is 30.6 Å². The molecule has 0 saturated carbocycles. The highest BCUT2D eigenvalue weighted by atomic mass is 16.5. The van der Waals surface area contributed by atoms with E-state index in [0.717, 1.165) is 50.0 Å². The van der Waals surface area contributed by atoms with E-state index in [1.165, 1.54) is 19.5 Å². The molecule has 0 unspecified atom stereocenters. The molecule has 0 fully saturated rings. The number of nitrogens with zero attached hydrogens (tertiary/aromatic N) is 3. The number of carboxylic acid groups (broad SMARTS) is 1. The number of aryl methyl sites for hydroxylation is 1. The first-order chi connectivity index (χ1) is 13.1. The van der Waals surface area contributed by atoms with Gasteiger partial charge in [-0.15, -0.1) is 0 Å². The Bertz CT molecular complexity index is 707. The first-order valence-corrected chi connectivity index (χ1v) is 9.36. The molecule has 2 rings (SSSR count). The molecule has 2 heterocycles. The third kappa shape index (κ3) is 6.84. The summed E-state index contributed by atoms with van der Waals surface area (Å²) >= 11 is 0. The number of hydrogen-bond acceptors (Lipinski definition) is 6. The Morgan fingerprint density at radius 2 is 1.85 bits per heavy atom. The Hall–Kier alpha value is -2.70. The minimum absolute atomic E-state index is 0.248.